The second-order valence-corrected chi connectivity index (χ2v) is 9.27. The smallest absolute Gasteiger partial charge is 0.243 e. The number of carbonyl (C=O) groups is 3. The number of carbonyl (C=O) groups excluding carboxylic acids is 3. The summed E-state index contributed by atoms with van der Waals surface area (Å²) in [7, 11) is 0. The number of nitrogens with zero attached hydrogens (tertiary/aromatic N) is 3. The number of hydrogen-bond donors (Lipinski definition) is 2. The van der Waals surface area contributed by atoms with Crippen LogP contribution in [0.1, 0.15) is 6.42 Å². The molecule has 10 heteroatoms. The Morgan fingerprint density at radius 3 is 2.38 bits per heavy atom. The summed E-state index contributed by atoms with van der Waals surface area (Å²) in [6.45, 7) is 3.96. The number of amides is 3. The molecule has 2 saturated heterocycles. The highest BCUT2D eigenvalue weighted by molar-refractivity contribution is 6.31. The number of rotatable bonds is 6. The number of hydrogen-bond acceptors (Lipinski definition) is 5. The van der Waals surface area contributed by atoms with E-state index in [0.717, 1.165) is 31.9 Å². The quantitative estimate of drug-likeness (QED) is 0.632. The third kappa shape index (κ3) is 6.20. The SMILES string of the molecule is O=C(CC1C(=O)NCCN1C(=O)CN1CCN(c2cccc(Cl)c2)CC1)Nc1cccc(Cl)c1. The third-order valence-corrected chi connectivity index (χ3v) is 6.51. The first-order valence-corrected chi connectivity index (χ1v) is 12.0. The zero-order chi connectivity index (χ0) is 24.1. The highest BCUT2D eigenvalue weighted by Crippen LogP contribution is 2.21. The molecule has 2 fully saturated rings. The second-order valence-electron chi connectivity index (χ2n) is 8.40. The van der Waals surface area contributed by atoms with Crippen LogP contribution in [0.25, 0.3) is 0 Å². The van der Waals surface area contributed by atoms with Gasteiger partial charge in [0.1, 0.15) is 6.04 Å². The summed E-state index contributed by atoms with van der Waals surface area (Å²) in [5, 5.41) is 6.71. The van der Waals surface area contributed by atoms with Gasteiger partial charge in [0.25, 0.3) is 0 Å². The van der Waals surface area contributed by atoms with Gasteiger partial charge in [0.05, 0.1) is 13.0 Å². The molecule has 34 heavy (non-hydrogen) atoms. The van der Waals surface area contributed by atoms with Crippen LogP contribution in [0.2, 0.25) is 10.0 Å². The van der Waals surface area contributed by atoms with E-state index in [0.29, 0.717) is 28.8 Å². The van der Waals surface area contributed by atoms with Crippen molar-refractivity contribution in [2.75, 3.05) is 56.0 Å². The average molecular weight is 504 g/mol. The molecule has 8 nitrogen and oxygen atoms in total. The van der Waals surface area contributed by atoms with Crippen molar-refractivity contribution < 1.29 is 14.4 Å². The molecule has 2 heterocycles. The lowest BCUT2D eigenvalue weighted by atomic mass is 10.1. The average Bonchev–Trinajstić information content (AvgIpc) is 2.81. The van der Waals surface area contributed by atoms with Crippen molar-refractivity contribution in [3.05, 3.63) is 58.6 Å². The predicted molar refractivity (Wildman–Crippen MR) is 133 cm³/mol. The number of benzene rings is 2. The highest BCUT2D eigenvalue weighted by atomic mass is 35.5. The molecule has 0 bridgehead atoms. The third-order valence-electron chi connectivity index (χ3n) is 6.04. The maximum Gasteiger partial charge on any atom is 0.243 e. The number of nitrogens with one attached hydrogen (secondary N) is 2. The molecule has 1 unspecified atom stereocenters. The van der Waals surface area contributed by atoms with Crippen LogP contribution in [0.3, 0.4) is 0 Å². The van der Waals surface area contributed by atoms with Crippen molar-refractivity contribution in [2.45, 2.75) is 12.5 Å². The van der Waals surface area contributed by atoms with Crippen LogP contribution < -0.4 is 15.5 Å². The Labute approximate surface area is 208 Å². The van der Waals surface area contributed by atoms with E-state index < -0.39 is 6.04 Å². The number of halogens is 2. The molecule has 1 atom stereocenters. The van der Waals surface area contributed by atoms with Gasteiger partial charge in [-0.25, -0.2) is 0 Å². The Kier molecular flexibility index (Phi) is 7.92. The monoisotopic (exact) mass is 503 g/mol. The van der Waals surface area contributed by atoms with Crippen LogP contribution in [-0.4, -0.2) is 79.4 Å². The Morgan fingerprint density at radius 2 is 1.68 bits per heavy atom. The Hall–Kier alpha value is -2.81. The van der Waals surface area contributed by atoms with Crippen LogP contribution >= 0.6 is 23.2 Å². The second kappa shape index (κ2) is 11.1. The van der Waals surface area contributed by atoms with Gasteiger partial charge in [0.2, 0.25) is 17.7 Å². The van der Waals surface area contributed by atoms with Crippen molar-refractivity contribution in [2.24, 2.45) is 0 Å². The summed E-state index contributed by atoms with van der Waals surface area (Å²) in [6, 6.07) is 13.7. The largest absolute Gasteiger partial charge is 0.369 e. The van der Waals surface area contributed by atoms with E-state index in [1.54, 1.807) is 24.3 Å². The Balaban J connectivity index is 1.32. The molecule has 2 aromatic rings. The van der Waals surface area contributed by atoms with Gasteiger partial charge >= 0.3 is 0 Å². The molecule has 2 N–H and O–H groups in total. The van der Waals surface area contributed by atoms with Gasteiger partial charge in [-0.1, -0.05) is 35.3 Å². The molecule has 2 aliphatic heterocycles. The predicted octanol–water partition coefficient (Wildman–Crippen LogP) is 2.47. The van der Waals surface area contributed by atoms with Gasteiger partial charge in [-0.3, -0.25) is 19.3 Å². The molecule has 0 aliphatic carbocycles. The van der Waals surface area contributed by atoms with Gasteiger partial charge in [-0.15, -0.1) is 0 Å². The number of piperazine rings is 2. The first-order valence-electron chi connectivity index (χ1n) is 11.2. The van der Waals surface area contributed by atoms with Gasteiger partial charge in [0.15, 0.2) is 0 Å². The summed E-state index contributed by atoms with van der Waals surface area (Å²) in [6.07, 6.45) is -0.118. The Bertz CT molecular complexity index is 1060. The van der Waals surface area contributed by atoms with Crippen molar-refractivity contribution in [1.82, 2.24) is 15.1 Å². The molecule has 0 saturated carbocycles. The lowest BCUT2D eigenvalue weighted by molar-refractivity contribution is -0.145. The van der Waals surface area contributed by atoms with Crippen molar-refractivity contribution >= 4 is 52.3 Å². The zero-order valence-corrected chi connectivity index (χ0v) is 20.2. The fourth-order valence-corrected chi connectivity index (χ4v) is 4.66. The first-order chi connectivity index (χ1) is 16.4. The molecule has 180 valence electrons. The fraction of sp³-hybridized carbons (Fsp3) is 0.375. The molecular weight excluding hydrogens is 477 g/mol. The minimum Gasteiger partial charge on any atom is -0.369 e. The van der Waals surface area contributed by atoms with Gasteiger partial charge in [0, 0.05) is 60.7 Å². The lowest BCUT2D eigenvalue weighted by Crippen LogP contribution is -2.60. The molecule has 0 spiro atoms. The first kappa shape index (κ1) is 24.3. The van der Waals surface area contributed by atoms with Crippen LogP contribution in [-0.2, 0) is 14.4 Å². The normalized spacial score (nSPS) is 19.0. The van der Waals surface area contributed by atoms with Gasteiger partial charge in [-0.05, 0) is 36.4 Å². The van der Waals surface area contributed by atoms with Crippen LogP contribution in [0.15, 0.2) is 48.5 Å². The minimum absolute atomic E-state index is 0.118. The van der Waals surface area contributed by atoms with E-state index in [2.05, 4.69) is 20.4 Å². The zero-order valence-electron chi connectivity index (χ0n) is 18.7. The summed E-state index contributed by atoms with van der Waals surface area (Å²) in [4.78, 5) is 44.1. The van der Waals surface area contributed by atoms with E-state index in [1.807, 2.05) is 24.3 Å². The minimum atomic E-state index is -0.840. The molecular formula is C24H27Cl2N5O3. The van der Waals surface area contributed by atoms with Crippen molar-refractivity contribution in [3.8, 4) is 0 Å². The van der Waals surface area contributed by atoms with Crippen LogP contribution in [0, 0.1) is 0 Å². The van der Waals surface area contributed by atoms with E-state index >= 15 is 0 Å². The standard InChI is InChI=1S/C24H27Cl2N5O3/c25-17-3-1-5-19(13-17)28-22(32)15-21-24(34)27-7-8-31(21)23(33)16-29-9-11-30(12-10-29)20-6-2-4-18(26)14-20/h1-6,13-14,21H,7-12,15-16H2,(H,27,34)(H,28,32). The fourth-order valence-electron chi connectivity index (χ4n) is 4.29. The molecule has 3 amide bonds. The topological polar surface area (TPSA) is 85.0 Å². The van der Waals surface area contributed by atoms with Crippen molar-refractivity contribution in [1.29, 1.82) is 0 Å². The molecule has 0 aromatic heterocycles. The molecule has 2 aromatic carbocycles. The van der Waals surface area contributed by atoms with Gasteiger partial charge < -0.3 is 20.4 Å². The summed E-state index contributed by atoms with van der Waals surface area (Å²) >= 11 is 12.1. The van der Waals surface area contributed by atoms with E-state index in [1.165, 1.54) is 4.90 Å². The summed E-state index contributed by atoms with van der Waals surface area (Å²) in [5.74, 6) is -0.810. The number of anilines is 2. The van der Waals surface area contributed by atoms with Crippen LogP contribution in [0.5, 0.6) is 0 Å². The highest BCUT2D eigenvalue weighted by Gasteiger charge is 2.35. The van der Waals surface area contributed by atoms with Gasteiger partial charge in [-0.2, -0.15) is 0 Å². The molecule has 4 rings (SSSR count). The lowest BCUT2D eigenvalue weighted by Gasteiger charge is -2.39. The molecule has 0 radical (unpaired) electrons. The maximum atomic E-state index is 13.1. The van der Waals surface area contributed by atoms with E-state index in [-0.39, 0.29) is 30.7 Å². The Morgan fingerprint density at radius 1 is 0.971 bits per heavy atom. The molecule has 2 aliphatic rings. The maximum absolute atomic E-state index is 13.1. The summed E-state index contributed by atoms with van der Waals surface area (Å²) in [5.41, 5.74) is 1.61. The van der Waals surface area contributed by atoms with E-state index in [9.17, 15) is 14.4 Å². The van der Waals surface area contributed by atoms with E-state index in [4.69, 9.17) is 23.2 Å². The van der Waals surface area contributed by atoms with Crippen molar-refractivity contribution in [3.63, 3.8) is 0 Å². The summed E-state index contributed by atoms with van der Waals surface area (Å²) < 4.78 is 0. The van der Waals surface area contributed by atoms with Crippen LogP contribution in [0.4, 0.5) is 11.4 Å².